The second kappa shape index (κ2) is 11.5. The summed E-state index contributed by atoms with van der Waals surface area (Å²) in [6.07, 6.45) is -0.614. The Morgan fingerprint density at radius 1 is 0.973 bits per heavy atom. The van der Waals surface area contributed by atoms with Gasteiger partial charge in [-0.2, -0.15) is 4.99 Å². The van der Waals surface area contributed by atoms with Crippen LogP contribution < -0.4 is 16.8 Å². The van der Waals surface area contributed by atoms with Crippen molar-refractivity contribution >= 4 is 29.8 Å². The van der Waals surface area contributed by atoms with E-state index in [1.807, 2.05) is 30.3 Å². The maximum Gasteiger partial charge on any atom is 0.435 e. The monoisotopic (exact) mass is 507 g/mol. The van der Waals surface area contributed by atoms with E-state index in [2.05, 4.69) is 10.3 Å². The highest BCUT2D eigenvalue weighted by Gasteiger charge is 2.46. The SMILES string of the molecule is NC(=O)O[C@@H](C(=O)N1CC[C@H]1C(=O)NCc1ccc(C(N)=NC(=O)OCc2ccccc2)cc1)C1CC1. The number of nitrogens with zero attached hydrogens (tertiary/aromatic N) is 2. The van der Waals surface area contributed by atoms with Crippen LogP contribution in [0.5, 0.6) is 0 Å². The van der Waals surface area contributed by atoms with E-state index in [1.165, 1.54) is 4.90 Å². The zero-order chi connectivity index (χ0) is 26.4. The standard InChI is InChI=1S/C26H29N5O6/c27-22(30-26(35)36-15-17-4-2-1-3-5-17)19-8-6-16(7-9-19)14-29-23(32)20-12-13-31(20)24(33)21(18-10-11-18)37-25(28)34/h1-9,18,20-21H,10-15H2,(H2,28,34)(H,29,32)(H2,27,30,35)/t20-,21+/m0/s1. The minimum atomic E-state index is -0.995. The number of carbonyl (C=O) groups excluding carboxylic acids is 4. The Morgan fingerprint density at radius 2 is 1.68 bits per heavy atom. The minimum Gasteiger partial charge on any atom is -0.443 e. The molecule has 1 aliphatic heterocycles. The van der Waals surface area contributed by atoms with Crippen LogP contribution in [0.1, 0.15) is 36.0 Å². The van der Waals surface area contributed by atoms with E-state index in [0.717, 1.165) is 24.0 Å². The number of hydrogen-bond acceptors (Lipinski definition) is 6. The fraction of sp³-hybridized carbons (Fsp3) is 0.346. The van der Waals surface area contributed by atoms with E-state index >= 15 is 0 Å². The van der Waals surface area contributed by atoms with Gasteiger partial charge < -0.3 is 31.2 Å². The van der Waals surface area contributed by atoms with E-state index in [1.54, 1.807) is 24.3 Å². The van der Waals surface area contributed by atoms with Crippen LogP contribution >= 0.6 is 0 Å². The first-order valence-corrected chi connectivity index (χ1v) is 12.0. The summed E-state index contributed by atoms with van der Waals surface area (Å²) in [5.41, 5.74) is 13.2. The molecule has 4 amide bonds. The summed E-state index contributed by atoms with van der Waals surface area (Å²) in [6.45, 7) is 0.750. The first-order chi connectivity index (χ1) is 17.8. The molecule has 2 aromatic carbocycles. The van der Waals surface area contributed by atoms with Gasteiger partial charge in [0.1, 0.15) is 18.5 Å². The van der Waals surface area contributed by atoms with Gasteiger partial charge in [0.25, 0.3) is 5.91 Å². The molecule has 1 heterocycles. The lowest BCUT2D eigenvalue weighted by molar-refractivity contribution is -0.155. The highest BCUT2D eigenvalue weighted by molar-refractivity contribution is 6.02. The number of ether oxygens (including phenoxy) is 2. The van der Waals surface area contributed by atoms with Gasteiger partial charge in [-0.1, -0.05) is 54.6 Å². The highest BCUT2D eigenvalue weighted by atomic mass is 16.6. The summed E-state index contributed by atoms with van der Waals surface area (Å²) in [5.74, 6) is -0.696. The molecule has 194 valence electrons. The van der Waals surface area contributed by atoms with Crippen molar-refractivity contribution in [2.45, 2.75) is 44.6 Å². The number of amides is 4. The smallest absolute Gasteiger partial charge is 0.435 e. The average molecular weight is 508 g/mol. The third kappa shape index (κ3) is 6.84. The predicted octanol–water partition coefficient (Wildman–Crippen LogP) is 1.82. The van der Waals surface area contributed by atoms with Crippen molar-refractivity contribution in [3.63, 3.8) is 0 Å². The second-order valence-corrected chi connectivity index (χ2v) is 8.98. The molecule has 2 fully saturated rings. The molecule has 0 bridgehead atoms. The fourth-order valence-electron chi connectivity index (χ4n) is 3.97. The average Bonchev–Trinajstić information content (AvgIpc) is 3.70. The van der Waals surface area contributed by atoms with Crippen LogP contribution in [-0.4, -0.2) is 53.4 Å². The molecule has 0 radical (unpaired) electrons. The van der Waals surface area contributed by atoms with Crippen LogP contribution in [0.15, 0.2) is 59.6 Å². The van der Waals surface area contributed by atoms with Gasteiger partial charge in [-0.15, -0.1) is 0 Å². The molecule has 11 heteroatoms. The number of primary amides is 1. The molecule has 5 N–H and O–H groups in total. The molecule has 11 nitrogen and oxygen atoms in total. The Kier molecular flexibility index (Phi) is 8.02. The number of nitrogens with two attached hydrogens (primary N) is 2. The lowest BCUT2D eigenvalue weighted by Gasteiger charge is -2.41. The maximum atomic E-state index is 12.8. The van der Waals surface area contributed by atoms with Gasteiger partial charge in [0, 0.05) is 24.6 Å². The minimum absolute atomic E-state index is 0.0145. The van der Waals surface area contributed by atoms with Crippen molar-refractivity contribution < 1.29 is 28.7 Å². The van der Waals surface area contributed by atoms with Crippen LogP contribution in [0.2, 0.25) is 0 Å². The van der Waals surface area contributed by atoms with Crippen LogP contribution in [0, 0.1) is 5.92 Å². The van der Waals surface area contributed by atoms with Crippen molar-refractivity contribution in [2.24, 2.45) is 22.4 Å². The van der Waals surface area contributed by atoms with Crippen molar-refractivity contribution in [1.29, 1.82) is 0 Å². The van der Waals surface area contributed by atoms with E-state index in [0.29, 0.717) is 18.5 Å². The van der Waals surface area contributed by atoms with Crippen molar-refractivity contribution in [1.82, 2.24) is 10.2 Å². The lowest BCUT2D eigenvalue weighted by atomic mass is 9.99. The zero-order valence-electron chi connectivity index (χ0n) is 20.2. The summed E-state index contributed by atoms with van der Waals surface area (Å²) in [5, 5.41) is 2.82. The van der Waals surface area contributed by atoms with Crippen LogP contribution in [0.4, 0.5) is 9.59 Å². The topological polar surface area (TPSA) is 166 Å². The molecular formula is C26H29N5O6. The van der Waals surface area contributed by atoms with Crippen molar-refractivity contribution in [2.75, 3.05) is 6.54 Å². The van der Waals surface area contributed by atoms with Crippen molar-refractivity contribution in [3.05, 3.63) is 71.3 Å². The second-order valence-electron chi connectivity index (χ2n) is 8.98. The van der Waals surface area contributed by atoms with Crippen molar-refractivity contribution in [3.8, 4) is 0 Å². The summed E-state index contributed by atoms with van der Waals surface area (Å²) < 4.78 is 10.1. The van der Waals surface area contributed by atoms with Gasteiger partial charge in [-0.25, -0.2) is 9.59 Å². The summed E-state index contributed by atoms with van der Waals surface area (Å²) in [7, 11) is 0. The summed E-state index contributed by atoms with van der Waals surface area (Å²) >= 11 is 0. The predicted molar refractivity (Wildman–Crippen MR) is 133 cm³/mol. The molecule has 4 rings (SSSR count). The normalized spacial score (nSPS) is 17.8. The first kappa shape index (κ1) is 25.7. The quantitative estimate of drug-likeness (QED) is 0.344. The summed E-state index contributed by atoms with van der Waals surface area (Å²) in [4.78, 5) is 53.8. The number of benzene rings is 2. The molecule has 37 heavy (non-hydrogen) atoms. The Hall–Kier alpha value is -4.41. The van der Waals surface area contributed by atoms with E-state index < -0.39 is 24.3 Å². The van der Waals surface area contributed by atoms with E-state index in [9.17, 15) is 19.2 Å². The fourth-order valence-corrected chi connectivity index (χ4v) is 3.97. The molecule has 0 spiro atoms. The van der Waals surface area contributed by atoms with Crippen LogP contribution in [-0.2, 0) is 32.2 Å². The van der Waals surface area contributed by atoms with Gasteiger partial charge in [0.15, 0.2) is 6.10 Å². The van der Waals surface area contributed by atoms with Crippen LogP contribution in [0.3, 0.4) is 0 Å². The van der Waals surface area contributed by atoms with Gasteiger partial charge in [0.05, 0.1) is 0 Å². The van der Waals surface area contributed by atoms with E-state index in [-0.39, 0.29) is 36.7 Å². The molecule has 2 aromatic rings. The number of likely N-dealkylation sites (tertiary alicyclic amines) is 1. The zero-order valence-corrected chi connectivity index (χ0v) is 20.2. The largest absolute Gasteiger partial charge is 0.443 e. The third-order valence-corrected chi connectivity index (χ3v) is 6.28. The molecule has 0 unspecified atom stereocenters. The number of rotatable bonds is 9. The Labute approximate surface area is 213 Å². The number of hydrogen-bond donors (Lipinski definition) is 3. The van der Waals surface area contributed by atoms with Gasteiger partial charge in [-0.3, -0.25) is 9.59 Å². The van der Waals surface area contributed by atoms with Gasteiger partial charge in [0.2, 0.25) is 5.91 Å². The van der Waals surface area contributed by atoms with Gasteiger partial charge in [-0.05, 0) is 30.4 Å². The Bertz CT molecular complexity index is 1180. The molecule has 2 atom stereocenters. The molecule has 0 aromatic heterocycles. The first-order valence-electron chi connectivity index (χ1n) is 12.0. The molecule has 1 saturated heterocycles. The van der Waals surface area contributed by atoms with Gasteiger partial charge >= 0.3 is 12.2 Å². The maximum absolute atomic E-state index is 12.8. The highest BCUT2D eigenvalue weighted by Crippen LogP contribution is 2.36. The lowest BCUT2D eigenvalue weighted by Crippen LogP contribution is -2.61. The number of aliphatic imine (C=N–C) groups is 1. The number of amidine groups is 1. The van der Waals surface area contributed by atoms with Crippen LogP contribution in [0.25, 0.3) is 0 Å². The Balaban J connectivity index is 1.25. The number of carbonyl (C=O) groups is 4. The van der Waals surface area contributed by atoms with E-state index in [4.69, 9.17) is 20.9 Å². The molecule has 1 saturated carbocycles. The summed E-state index contributed by atoms with van der Waals surface area (Å²) in [6, 6.07) is 15.5. The molecule has 1 aliphatic carbocycles. The molecule has 2 aliphatic rings. The molecular weight excluding hydrogens is 478 g/mol. The Morgan fingerprint density at radius 3 is 2.27 bits per heavy atom. The third-order valence-electron chi connectivity index (χ3n) is 6.28. The number of nitrogens with one attached hydrogen (secondary N) is 1.